The standard InChI is InChI=1S/C12H14N6OS/c1-18-7-14-9(17-18)2-4-13-6-10-15-8-3-5-20-11(8)12(19)16-10/h3,5,7,13H,2,4,6H2,1H3,(H,15,16,19). The highest BCUT2D eigenvalue weighted by Gasteiger charge is 2.04. The molecule has 0 aliphatic rings. The molecule has 0 bridgehead atoms. The number of aryl methyl sites for hydroxylation is 1. The average molecular weight is 290 g/mol. The van der Waals surface area contributed by atoms with Gasteiger partial charge < -0.3 is 10.3 Å². The Morgan fingerprint density at radius 1 is 1.50 bits per heavy atom. The molecule has 3 aromatic rings. The van der Waals surface area contributed by atoms with E-state index in [1.165, 1.54) is 11.3 Å². The SMILES string of the molecule is Cn1cnc(CCNCc2nc3ccsc3c(=O)[nH]2)n1. The molecule has 0 unspecified atom stereocenters. The number of nitrogens with one attached hydrogen (secondary N) is 2. The van der Waals surface area contributed by atoms with Crippen LogP contribution in [0.1, 0.15) is 11.6 Å². The van der Waals surface area contributed by atoms with Crippen molar-refractivity contribution in [2.45, 2.75) is 13.0 Å². The third-order valence-electron chi connectivity index (χ3n) is 2.83. The molecule has 3 heterocycles. The summed E-state index contributed by atoms with van der Waals surface area (Å²) in [4.78, 5) is 23.1. The highest BCUT2D eigenvalue weighted by atomic mass is 32.1. The molecule has 0 radical (unpaired) electrons. The van der Waals surface area contributed by atoms with Crippen LogP contribution in [0.15, 0.2) is 22.6 Å². The Morgan fingerprint density at radius 3 is 3.20 bits per heavy atom. The molecule has 0 aliphatic heterocycles. The molecule has 0 atom stereocenters. The maximum Gasteiger partial charge on any atom is 0.268 e. The van der Waals surface area contributed by atoms with Crippen LogP contribution in [0.3, 0.4) is 0 Å². The summed E-state index contributed by atoms with van der Waals surface area (Å²) in [5.74, 6) is 1.45. The zero-order valence-electron chi connectivity index (χ0n) is 11.0. The number of hydrogen-bond donors (Lipinski definition) is 2. The summed E-state index contributed by atoms with van der Waals surface area (Å²) in [6.45, 7) is 1.25. The number of H-pyrrole nitrogens is 1. The van der Waals surface area contributed by atoms with Crippen LogP contribution in [0.5, 0.6) is 0 Å². The largest absolute Gasteiger partial charge is 0.309 e. The van der Waals surface area contributed by atoms with Crippen molar-refractivity contribution >= 4 is 21.6 Å². The molecule has 7 nitrogen and oxygen atoms in total. The van der Waals surface area contributed by atoms with Crippen LogP contribution < -0.4 is 10.9 Å². The Morgan fingerprint density at radius 2 is 2.40 bits per heavy atom. The van der Waals surface area contributed by atoms with Gasteiger partial charge >= 0.3 is 0 Å². The Labute approximate surface area is 118 Å². The molecule has 104 valence electrons. The lowest BCUT2D eigenvalue weighted by molar-refractivity contribution is 0.641. The average Bonchev–Trinajstić information content (AvgIpc) is 3.04. The van der Waals surface area contributed by atoms with Gasteiger partial charge in [-0.3, -0.25) is 9.48 Å². The first kappa shape index (κ1) is 12.9. The fourth-order valence-electron chi connectivity index (χ4n) is 1.91. The zero-order valence-corrected chi connectivity index (χ0v) is 11.8. The lowest BCUT2D eigenvalue weighted by atomic mass is 10.4. The van der Waals surface area contributed by atoms with Crippen molar-refractivity contribution in [2.24, 2.45) is 7.05 Å². The van der Waals surface area contributed by atoms with Crippen LogP contribution in [-0.4, -0.2) is 31.3 Å². The van der Waals surface area contributed by atoms with Gasteiger partial charge in [-0.1, -0.05) is 0 Å². The minimum absolute atomic E-state index is 0.0757. The Bertz CT molecular complexity index is 773. The van der Waals surface area contributed by atoms with Crippen LogP contribution in [0.4, 0.5) is 0 Å². The predicted octanol–water partition coefficient (Wildman–Crippen LogP) is 0.445. The van der Waals surface area contributed by atoms with E-state index in [0.717, 1.165) is 24.3 Å². The molecule has 0 fully saturated rings. The number of fused-ring (bicyclic) bond motifs is 1. The van der Waals surface area contributed by atoms with Gasteiger partial charge in [-0.05, 0) is 11.4 Å². The lowest BCUT2D eigenvalue weighted by Gasteiger charge is -2.02. The number of aromatic amines is 1. The topological polar surface area (TPSA) is 88.5 Å². The van der Waals surface area contributed by atoms with Crippen molar-refractivity contribution < 1.29 is 0 Å². The van der Waals surface area contributed by atoms with E-state index in [9.17, 15) is 4.79 Å². The zero-order chi connectivity index (χ0) is 13.9. The van der Waals surface area contributed by atoms with Crippen molar-refractivity contribution in [3.05, 3.63) is 39.8 Å². The van der Waals surface area contributed by atoms with Gasteiger partial charge in [0.1, 0.15) is 16.9 Å². The molecule has 0 saturated heterocycles. The summed E-state index contributed by atoms with van der Waals surface area (Å²) in [5.41, 5.74) is 0.676. The smallest absolute Gasteiger partial charge is 0.268 e. The number of rotatable bonds is 5. The van der Waals surface area contributed by atoms with E-state index in [1.54, 1.807) is 11.0 Å². The molecule has 0 aliphatic carbocycles. The molecule has 0 aromatic carbocycles. The first-order valence-corrected chi connectivity index (χ1v) is 7.12. The van der Waals surface area contributed by atoms with Gasteiger partial charge in [0.25, 0.3) is 5.56 Å². The van der Waals surface area contributed by atoms with Gasteiger partial charge in [-0.25, -0.2) is 9.97 Å². The Kier molecular flexibility index (Phi) is 3.57. The van der Waals surface area contributed by atoms with Gasteiger partial charge in [0, 0.05) is 20.0 Å². The molecule has 8 heteroatoms. The van der Waals surface area contributed by atoms with Gasteiger partial charge in [-0.2, -0.15) is 5.10 Å². The third kappa shape index (κ3) is 2.75. The van der Waals surface area contributed by atoms with Crippen LogP contribution in [0.2, 0.25) is 0 Å². The van der Waals surface area contributed by atoms with Crippen molar-refractivity contribution in [1.82, 2.24) is 30.0 Å². The van der Waals surface area contributed by atoms with E-state index >= 15 is 0 Å². The normalized spacial score (nSPS) is 11.2. The van der Waals surface area contributed by atoms with Gasteiger partial charge in [0.15, 0.2) is 5.82 Å². The van der Waals surface area contributed by atoms with Crippen LogP contribution >= 0.6 is 11.3 Å². The molecular weight excluding hydrogens is 276 g/mol. The second kappa shape index (κ2) is 5.51. The summed E-state index contributed by atoms with van der Waals surface area (Å²) in [6, 6.07) is 1.86. The van der Waals surface area contributed by atoms with E-state index in [2.05, 4.69) is 25.4 Å². The molecule has 2 N–H and O–H groups in total. The number of hydrogen-bond acceptors (Lipinski definition) is 6. The van der Waals surface area contributed by atoms with Crippen LogP contribution in [-0.2, 0) is 20.0 Å². The van der Waals surface area contributed by atoms with E-state index < -0.39 is 0 Å². The monoisotopic (exact) mass is 290 g/mol. The van der Waals surface area contributed by atoms with Crippen molar-refractivity contribution in [3.8, 4) is 0 Å². The highest BCUT2D eigenvalue weighted by Crippen LogP contribution is 2.13. The highest BCUT2D eigenvalue weighted by molar-refractivity contribution is 7.17. The molecule has 0 spiro atoms. The fourth-order valence-corrected chi connectivity index (χ4v) is 2.64. The Hall–Kier alpha value is -2.06. The predicted molar refractivity (Wildman–Crippen MR) is 76.7 cm³/mol. The maximum atomic E-state index is 11.8. The summed E-state index contributed by atoms with van der Waals surface area (Å²) in [6.07, 6.45) is 2.42. The molecule has 20 heavy (non-hydrogen) atoms. The van der Waals surface area contributed by atoms with Crippen molar-refractivity contribution in [2.75, 3.05) is 6.54 Å². The van der Waals surface area contributed by atoms with Crippen molar-refractivity contribution in [3.63, 3.8) is 0 Å². The van der Waals surface area contributed by atoms with Gasteiger partial charge in [-0.15, -0.1) is 11.3 Å². The molecule has 0 amide bonds. The van der Waals surface area contributed by atoms with E-state index in [-0.39, 0.29) is 5.56 Å². The van der Waals surface area contributed by atoms with Crippen LogP contribution in [0.25, 0.3) is 10.2 Å². The van der Waals surface area contributed by atoms with E-state index in [4.69, 9.17) is 0 Å². The molecule has 3 rings (SSSR count). The molecule has 3 aromatic heterocycles. The summed E-state index contributed by atoms with van der Waals surface area (Å²) in [5, 5.41) is 9.29. The second-order valence-corrected chi connectivity index (χ2v) is 5.32. The summed E-state index contributed by atoms with van der Waals surface area (Å²) in [7, 11) is 1.84. The first-order valence-electron chi connectivity index (χ1n) is 6.24. The quantitative estimate of drug-likeness (QED) is 0.666. The van der Waals surface area contributed by atoms with Gasteiger partial charge in [0.05, 0.1) is 12.1 Å². The minimum Gasteiger partial charge on any atom is -0.309 e. The number of nitrogens with zero attached hydrogens (tertiary/aromatic N) is 4. The van der Waals surface area contributed by atoms with E-state index in [1.807, 2.05) is 18.5 Å². The number of thiophene rings is 1. The van der Waals surface area contributed by atoms with Crippen molar-refractivity contribution in [1.29, 1.82) is 0 Å². The molecular formula is C12H14N6OS. The minimum atomic E-state index is -0.0757. The first-order chi connectivity index (χ1) is 9.72. The third-order valence-corrected chi connectivity index (χ3v) is 3.73. The van der Waals surface area contributed by atoms with E-state index in [0.29, 0.717) is 17.1 Å². The van der Waals surface area contributed by atoms with Gasteiger partial charge in [0.2, 0.25) is 0 Å². The van der Waals surface area contributed by atoms with Crippen LogP contribution in [0, 0.1) is 0 Å². The lowest BCUT2D eigenvalue weighted by Crippen LogP contribution is -2.21. The molecule has 0 saturated carbocycles. The number of aromatic nitrogens is 5. The summed E-state index contributed by atoms with van der Waals surface area (Å²) >= 11 is 1.41. The fraction of sp³-hybridized carbons (Fsp3) is 0.333. The maximum absolute atomic E-state index is 11.8. The summed E-state index contributed by atoms with van der Waals surface area (Å²) < 4.78 is 2.35. The Balaban J connectivity index is 1.58. The second-order valence-electron chi connectivity index (χ2n) is 4.41.